The van der Waals surface area contributed by atoms with E-state index >= 15 is 0 Å². The third-order valence-corrected chi connectivity index (χ3v) is 4.20. The maximum absolute atomic E-state index is 12.8. The van der Waals surface area contributed by atoms with Gasteiger partial charge in [-0.15, -0.1) is 0 Å². The van der Waals surface area contributed by atoms with Crippen LogP contribution < -0.4 is 10.4 Å². The van der Waals surface area contributed by atoms with Crippen molar-refractivity contribution in [1.82, 2.24) is 0 Å². The number of benzene rings is 1. The van der Waals surface area contributed by atoms with Crippen LogP contribution >= 0.6 is 0 Å². The van der Waals surface area contributed by atoms with E-state index in [1.807, 2.05) is 39.8 Å². The van der Waals surface area contributed by atoms with Crippen LogP contribution in [0.3, 0.4) is 0 Å². The van der Waals surface area contributed by atoms with Crippen LogP contribution in [0.1, 0.15) is 56.6 Å². The molecular weight excluding hydrogens is 328 g/mol. The van der Waals surface area contributed by atoms with Crippen molar-refractivity contribution in [3.63, 3.8) is 0 Å². The van der Waals surface area contributed by atoms with Crippen molar-refractivity contribution in [1.29, 1.82) is 0 Å². The van der Waals surface area contributed by atoms with Gasteiger partial charge in [0.1, 0.15) is 17.1 Å². The van der Waals surface area contributed by atoms with Gasteiger partial charge in [-0.1, -0.05) is 24.6 Å². The molecule has 4 nitrogen and oxygen atoms in total. The number of aryl methyl sites for hydroxylation is 4. The van der Waals surface area contributed by atoms with Gasteiger partial charge in [0.25, 0.3) is 0 Å². The third-order valence-electron chi connectivity index (χ3n) is 4.20. The molecule has 0 aliphatic heterocycles. The first kappa shape index (κ1) is 20.0. The Morgan fingerprint density at radius 2 is 1.62 bits per heavy atom. The van der Waals surface area contributed by atoms with Crippen molar-refractivity contribution in [3.8, 4) is 16.9 Å². The predicted molar refractivity (Wildman–Crippen MR) is 104 cm³/mol. The van der Waals surface area contributed by atoms with Gasteiger partial charge >= 0.3 is 11.6 Å². The maximum Gasteiger partial charge on any atom is 0.347 e. The lowest BCUT2D eigenvalue weighted by molar-refractivity contribution is -0.142. The molecule has 0 saturated heterocycles. The molecule has 4 heteroatoms. The summed E-state index contributed by atoms with van der Waals surface area (Å²) in [6.45, 7) is 13.3. The normalized spacial score (nSPS) is 11.5. The zero-order valence-corrected chi connectivity index (χ0v) is 16.8. The summed E-state index contributed by atoms with van der Waals surface area (Å²) < 4.78 is 11.2. The lowest BCUT2D eigenvalue weighted by Crippen LogP contribution is -2.26. The highest BCUT2D eigenvalue weighted by Crippen LogP contribution is 2.34. The quantitative estimate of drug-likeness (QED) is 0.712. The highest BCUT2D eigenvalue weighted by Gasteiger charge is 2.27. The molecule has 0 radical (unpaired) electrons. The molecular formula is C22H28O4. The van der Waals surface area contributed by atoms with Gasteiger partial charge in [0.05, 0.1) is 5.41 Å². The Balaban J connectivity index is 2.73. The molecule has 1 heterocycles. The van der Waals surface area contributed by atoms with E-state index in [0.29, 0.717) is 17.7 Å². The van der Waals surface area contributed by atoms with Gasteiger partial charge in [-0.3, -0.25) is 4.79 Å². The molecule has 140 valence electrons. The Morgan fingerprint density at radius 3 is 2.12 bits per heavy atom. The molecule has 0 bridgehead atoms. The predicted octanol–water partition coefficient (Wildman–Crippen LogP) is 5.14. The van der Waals surface area contributed by atoms with Crippen LogP contribution in [-0.2, 0) is 11.2 Å². The summed E-state index contributed by atoms with van der Waals surface area (Å²) >= 11 is 0. The topological polar surface area (TPSA) is 56.5 Å². The average Bonchev–Trinajstić information content (AvgIpc) is 2.48. The summed E-state index contributed by atoms with van der Waals surface area (Å²) in [6, 6.07) is 5.71. The Bertz CT molecular complexity index is 859. The van der Waals surface area contributed by atoms with E-state index in [1.54, 1.807) is 26.8 Å². The summed E-state index contributed by atoms with van der Waals surface area (Å²) in [5.74, 6) is 0.425. The van der Waals surface area contributed by atoms with Crippen LogP contribution in [0.15, 0.2) is 27.4 Å². The molecule has 0 amide bonds. The average molecular weight is 356 g/mol. The highest BCUT2D eigenvalue weighted by atomic mass is 16.5. The van der Waals surface area contributed by atoms with Crippen molar-refractivity contribution in [3.05, 3.63) is 51.1 Å². The largest absolute Gasteiger partial charge is 0.427 e. The zero-order chi connectivity index (χ0) is 19.6. The van der Waals surface area contributed by atoms with E-state index in [2.05, 4.69) is 0 Å². The summed E-state index contributed by atoms with van der Waals surface area (Å²) in [5, 5.41) is 0. The smallest absolute Gasteiger partial charge is 0.347 e. The van der Waals surface area contributed by atoms with Gasteiger partial charge in [-0.25, -0.2) is 4.79 Å². The van der Waals surface area contributed by atoms with Gasteiger partial charge in [-0.2, -0.15) is 0 Å². The van der Waals surface area contributed by atoms with Gasteiger partial charge in [0, 0.05) is 12.5 Å². The Hall–Kier alpha value is -2.36. The molecule has 2 rings (SSSR count). The highest BCUT2D eigenvalue weighted by molar-refractivity contribution is 5.82. The van der Waals surface area contributed by atoms with Crippen LogP contribution in [0.25, 0.3) is 11.1 Å². The molecule has 26 heavy (non-hydrogen) atoms. The van der Waals surface area contributed by atoms with E-state index in [-0.39, 0.29) is 11.7 Å². The fraction of sp³-hybridized carbons (Fsp3) is 0.455. The minimum atomic E-state index is -0.671. The molecule has 2 aromatic rings. The van der Waals surface area contributed by atoms with E-state index in [0.717, 1.165) is 28.7 Å². The third kappa shape index (κ3) is 4.24. The first-order valence-electron chi connectivity index (χ1n) is 9.02. The van der Waals surface area contributed by atoms with Crippen molar-refractivity contribution in [2.75, 3.05) is 0 Å². The van der Waals surface area contributed by atoms with Crippen LogP contribution in [0, 0.1) is 26.2 Å². The Morgan fingerprint density at radius 1 is 1.04 bits per heavy atom. The Labute approximate surface area is 155 Å². The number of carbonyl (C=O) groups excluding carboxylic acids is 1. The van der Waals surface area contributed by atoms with E-state index in [1.165, 1.54) is 0 Å². The summed E-state index contributed by atoms with van der Waals surface area (Å²) in [6.07, 6.45) is 1.44. The number of hydrogen-bond acceptors (Lipinski definition) is 4. The molecule has 1 aromatic heterocycles. The first-order chi connectivity index (χ1) is 12.0. The SMILES string of the molecule is CCCc1cc(OC(=O)C(C)(C)C)c(-c2c(C)cc(C)cc2C)c(=O)o1. The van der Waals surface area contributed by atoms with E-state index in [4.69, 9.17) is 9.15 Å². The fourth-order valence-corrected chi connectivity index (χ4v) is 3.02. The second kappa shape index (κ2) is 7.48. The van der Waals surface area contributed by atoms with Crippen LogP contribution in [0.2, 0.25) is 0 Å². The van der Waals surface area contributed by atoms with Crippen LogP contribution in [0.4, 0.5) is 0 Å². The Kier molecular flexibility index (Phi) is 5.74. The molecule has 1 aromatic carbocycles. The second-order valence-electron chi connectivity index (χ2n) is 7.90. The zero-order valence-electron chi connectivity index (χ0n) is 16.8. The van der Waals surface area contributed by atoms with Crippen molar-refractivity contribution >= 4 is 5.97 Å². The summed E-state index contributed by atoms with van der Waals surface area (Å²) in [7, 11) is 0. The molecule has 0 unspecified atom stereocenters. The van der Waals surface area contributed by atoms with E-state index < -0.39 is 11.0 Å². The molecule has 0 aliphatic rings. The van der Waals surface area contributed by atoms with Gasteiger partial charge in [-0.05, 0) is 64.7 Å². The van der Waals surface area contributed by atoms with Crippen molar-refractivity contribution in [2.45, 2.75) is 61.3 Å². The first-order valence-corrected chi connectivity index (χ1v) is 9.02. The minimum Gasteiger partial charge on any atom is -0.427 e. The number of esters is 1. The van der Waals surface area contributed by atoms with Gasteiger partial charge in [0.15, 0.2) is 0 Å². The number of ether oxygens (including phenoxy) is 1. The summed E-state index contributed by atoms with van der Waals surface area (Å²) in [5.41, 5.74) is 2.96. The van der Waals surface area contributed by atoms with Gasteiger partial charge in [0.2, 0.25) is 0 Å². The molecule has 0 aliphatic carbocycles. The molecule has 0 saturated carbocycles. The van der Waals surface area contributed by atoms with Crippen LogP contribution in [0.5, 0.6) is 5.75 Å². The monoisotopic (exact) mass is 356 g/mol. The molecule has 0 fully saturated rings. The number of carbonyl (C=O) groups is 1. The minimum absolute atomic E-state index is 0.277. The lowest BCUT2D eigenvalue weighted by atomic mass is 9.93. The molecule has 0 N–H and O–H groups in total. The van der Waals surface area contributed by atoms with Crippen molar-refractivity contribution < 1.29 is 13.9 Å². The second-order valence-corrected chi connectivity index (χ2v) is 7.90. The fourth-order valence-electron chi connectivity index (χ4n) is 3.02. The number of hydrogen-bond donors (Lipinski definition) is 0. The van der Waals surface area contributed by atoms with Crippen molar-refractivity contribution in [2.24, 2.45) is 5.41 Å². The maximum atomic E-state index is 12.8. The molecule has 0 spiro atoms. The summed E-state index contributed by atoms with van der Waals surface area (Å²) in [4.78, 5) is 25.3. The lowest BCUT2D eigenvalue weighted by Gasteiger charge is -2.19. The van der Waals surface area contributed by atoms with E-state index in [9.17, 15) is 9.59 Å². The standard InChI is InChI=1S/C22H28O4/c1-8-9-16-12-17(26-21(24)22(5,6)7)19(20(23)25-16)18-14(3)10-13(2)11-15(18)4/h10-12H,8-9H2,1-7H3. The van der Waals surface area contributed by atoms with Crippen LogP contribution in [-0.4, -0.2) is 5.97 Å². The number of rotatable bonds is 4. The molecule has 0 atom stereocenters. The van der Waals surface area contributed by atoms with Gasteiger partial charge < -0.3 is 9.15 Å².